The molecule has 0 aliphatic heterocycles. The first-order valence-electron chi connectivity index (χ1n) is 11.6. The molecule has 0 heterocycles. The van der Waals surface area contributed by atoms with Gasteiger partial charge in [-0.1, -0.05) is 41.5 Å². The summed E-state index contributed by atoms with van der Waals surface area (Å²) in [5, 5.41) is 9.82. The summed E-state index contributed by atoms with van der Waals surface area (Å²) in [7, 11) is 0. The van der Waals surface area contributed by atoms with Gasteiger partial charge < -0.3 is 9.84 Å². The molecule has 0 aromatic carbocycles. The molecule has 3 fully saturated rings. The highest BCUT2D eigenvalue weighted by molar-refractivity contribution is 5.07. The number of ether oxygens (including phenoxy) is 1. The van der Waals surface area contributed by atoms with Gasteiger partial charge >= 0.3 is 0 Å². The molecule has 5 atom stereocenters. The minimum Gasteiger partial charge on any atom is -0.393 e. The maximum absolute atomic E-state index is 9.82. The van der Waals surface area contributed by atoms with E-state index in [2.05, 4.69) is 55.4 Å². The van der Waals surface area contributed by atoms with Crippen LogP contribution in [0.5, 0.6) is 0 Å². The first-order chi connectivity index (χ1) is 12.3. The zero-order valence-corrected chi connectivity index (χ0v) is 19.3. The molecule has 3 aliphatic carbocycles. The minimum absolute atomic E-state index is 0.0529. The van der Waals surface area contributed by atoms with Crippen LogP contribution in [0.15, 0.2) is 0 Å². The van der Waals surface area contributed by atoms with Crippen molar-refractivity contribution in [2.24, 2.45) is 46.3 Å². The second-order valence-electron chi connectivity index (χ2n) is 12.9. The summed E-state index contributed by atoms with van der Waals surface area (Å²) >= 11 is 0. The van der Waals surface area contributed by atoms with E-state index in [9.17, 15) is 5.11 Å². The molecule has 5 unspecified atom stereocenters. The minimum atomic E-state index is -0.0792. The lowest BCUT2D eigenvalue weighted by atomic mass is 9.57. The van der Waals surface area contributed by atoms with Crippen molar-refractivity contribution in [3.8, 4) is 0 Å². The monoisotopic (exact) mass is 378 g/mol. The average molecular weight is 379 g/mol. The summed E-state index contributed by atoms with van der Waals surface area (Å²) in [4.78, 5) is 0. The second kappa shape index (κ2) is 7.31. The van der Waals surface area contributed by atoms with Crippen LogP contribution in [-0.4, -0.2) is 23.4 Å². The molecule has 3 aliphatic rings. The normalized spacial score (nSPS) is 40.6. The molecule has 3 rings (SSSR count). The Balaban J connectivity index is 1.64. The van der Waals surface area contributed by atoms with Crippen LogP contribution in [0.2, 0.25) is 0 Å². The number of hydrogen-bond acceptors (Lipinski definition) is 2. The van der Waals surface area contributed by atoms with E-state index in [0.717, 1.165) is 61.9 Å². The van der Waals surface area contributed by atoms with E-state index in [1.165, 1.54) is 12.8 Å². The summed E-state index contributed by atoms with van der Waals surface area (Å²) in [5.41, 5.74) is 0.735. The van der Waals surface area contributed by atoms with E-state index in [4.69, 9.17) is 4.74 Å². The Labute approximate surface area is 168 Å². The molecule has 1 N–H and O–H groups in total. The van der Waals surface area contributed by atoms with Gasteiger partial charge in [0.2, 0.25) is 0 Å². The quantitative estimate of drug-likeness (QED) is 0.621. The second-order valence-corrected chi connectivity index (χ2v) is 12.9. The van der Waals surface area contributed by atoms with Crippen LogP contribution < -0.4 is 0 Å². The summed E-state index contributed by atoms with van der Waals surface area (Å²) in [6, 6.07) is 0. The fourth-order valence-corrected chi connectivity index (χ4v) is 7.32. The fraction of sp³-hybridized carbons (Fsp3) is 1.00. The number of aliphatic hydroxyl groups excluding tert-OH is 1. The predicted molar refractivity (Wildman–Crippen MR) is 114 cm³/mol. The van der Waals surface area contributed by atoms with Crippen molar-refractivity contribution in [3.63, 3.8) is 0 Å². The van der Waals surface area contributed by atoms with Crippen molar-refractivity contribution >= 4 is 0 Å². The zero-order valence-electron chi connectivity index (χ0n) is 19.3. The molecule has 2 bridgehead atoms. The van der Waals surface area contributed by atoms with E-state index in [-0.39, 0.29) is 11.7 Å². The van der Waals surface area contributed by atoms with Crippen LogP contribution in [0.25, 0.3) is 0 Å². The first-order valence-corrected chi connectivity index (χ1v) is 11.6. The Morgan fingerprint density at radius 1 is 0.778 bits per heavy atom. The first kappa shape index (κ1) is 21.6. The molecule has 3 saturated carbocycles. The van der Waals surface area contributed by atoms with Gasteiger partial charge in [-0.05, 0) is 98.7 Å². The molecule has 158 valence electrons. The third-order valence-corrected chi connectivity index (χ3v) is 8.49. The Morgan fingerprint density at radius 2 is 1.33 bits per heavy atom. The van der Waals surface area contributed by atoms with Crippen molar-refractivity contribution < 1.29 is 9.84 Å². The van der Waals surface area contributed by atoms with E-state index < -0.39 is 0 Å². The molecule has 0 amide bonds. The fourth-order valence-electron chi connectivity index (χ4n) is 7.32. The number of rotatable bonds is 4. The highest BCUT2D eigenvalue weighted by Gasteiger charge is 2.58. The Kier molecular flexibility index (Phi) is 5.86. The number of aliphatic hydroxyl groups is 1. The standard InChI is InChI=1S/C25H46O2/c1-23(2,3)21-16-13-17(20(14-16)22(21)24(4,5)6)15-27-25(7,8)18-9-11-19(26)12-10-18/h16-22,26H,9-15H2,1-8H3. The van der Waals surface area contributed by atoms with Gasteiger partial charge in [-0.2, -0.15) is 0 Å². The SMILES string of the molecule is CC(C)(C)C1C2CC(COC(C)(C)C3CCC(O)CC3)C(C2)C1C(C)(C)C. The van der Waals surface area contributed by atoms with Crippen molar-refractivity contribution in [3.05, 3.63) is 0 Å². The largest absolute Gasteiger partial charge is 0.393 e. The molecule has 27 heavy (non-hydrogen) atoms. The van der Waals surface area contributed by atoms with E-state index in [1.54, 1.807) is 0 Å². The maximum atomic E-state index is 9.82. The van der Waals surface area contributed by atoms with Crippen LogP contribution in [-0.2, 0) is 4.74 Å². The van der Waals surface area contributed by atoms with E-state index in [1.807, 2.05) is 0 Å². The molecule has 0 spiro atoms. The zero-order chi connectivity index (χ0) is 20.2. The van der Waals surface area contributed by atoms with Gasteiger partial charge in [-0.3, -0.25) is 0 Å². The van der Waals surface area contributed by atoms with Gasteiger partial charge in [0, 0.05) is 0 Å². The molecule has 0 aromatic rings. The molecule has 0 aromatic heterocycles. The molecule has 0 saturated heterocycles. The van der Waals surface area contributed by atoms with Crippen molar-refractivity contribution in [1.82, 2.24) is 0 Å². The maximum Gasteiger partial charge on any atom is 0.0654 e. The average Bonchev–Trinajstić information content (AvgIpc) is 3.10. The lowest BCUT2D eigenvalue weighted by Crippen LogP contribution is -2.45. The van der Waals surface area contributed by atoms with E-state index >= 15 is 0 Å². The molecular weight excluding hydrogens is 332 g/mol. The lowest BCUT2D eigenvalue weighted by Gasteiger charge is -2.49. The van der Waals surface area contributed by atoms with Crippen LogP contribution in [0, 0.1) is 46.3 Å². The van der Waals surface area contributed by atoms with Crippen molar-refractivity contribution in [2.75, 3.05) is 6.61 Å². The van der Waals surface area contributed by atoms with Gasteiger partial charge in [0.05, 0.1) is 18.3 Å². The highest BCUT2D eigenvalue weighted by atomic mass is 16.5. The number of fused-ring (bicyclic) bond motifs is 2. The van der Waals surface area contributed by atoms with E-state index in [0.29, 0.717) is 16.7 Å². The smallest absolute Gasteiger partial charge is 0.0654 e. The topological polar surface area (TPSA) is 29.5 Å². The summed E-state index contributed by atoms with van der Waals surface area (Å²) in [6.07, 6.45) is 6.84. The van der Waals surface area contributed by atoms with Gasteiger partial charge in [0.25, 0.3) is 0 Å². The van der Waals surface area contributed by atoms with Gasteiger partial charge in [-0.15, -0.1) is 0 Å². The summed E-state index contributed by atoms with van der Waals surface area (Å²) in [5.74, 6) is 4.74. The molecule has 2 heteroatoms. The van der Waals surface area contributed by atoms with Crippen LogP contribution in [0.4, 0.5) is 0 Å². The third kappa shape index (κ3) is 4.42. The third-order valence-electron chi connectivity index (χ3n) is 8.49. The number of hydrogen-bond donors (Lipinski definition) is 1. The van der Waals surface area contributed by atoms with Gasteiger partial charge in [-0.25, -0.2) is 0 Å². The summed E-state index contributed by atoms with van der Waals surface area (Å²) in [6.45, 7) is 20.3. The Morgan fingerprint density at radius 3 is 1.85 bits per heavy atom. The highest BCUT2D eigenvalue weighted by Crippen LogP contribution is 2.64. The van der Waals surface area contributed by atoms with Crippen molar-refractivity contribution in [1.29, 1.82) is 0 Å². The molecular formula is C25H46O2. The van der Waals surface area contributed by atoms with Gasteiger partial charge in [0.15, 0.2) is 0 Å². The molecule has 2 nitrogen and oxygen atoms in total. The summed E-state index contributed by atoms with van der Waals surface area (Å²) < 4.78 is 6.64. The predicted octanol–water partition coefficient (Wildman–Crippen LogP) is 6.31. The van der Waals surface area contributed by atoms with Crippen molar-refractivity contribution in [2.45, 2.75) is 106 Å². The van der Waals surface area contributed by atoms with Gasteiger partial charge in [0.1, 0.15) is 0 Å². The van der Waals surface area contributed by atoms with Crippen LogP contribution in [0.1, 0.15) is 93.9 Å². The van der Waals surface area contributed by atoms with Crippen LogP contribution >= 0.6 is 0 Å². The Hall–Kier alpha value is -0.0800. The lowest BCUT2D eigenvalue weighted by molar-refractivity contribution is -0.107. The Bertz CT molecular complexity index is 501. The van der Waals surface area contributed by atoms with Crippen LogP contribution in [0.3, 0.4) is 0 Å². The molecule has 0 radical (unpaired) electrons.